The zero-order valence-corrected chi connectivity index (χ0v) is 36.3. The third-order valence-electron chi connectivity index (χ3n) is 9.36. The average Bonchev–Trinajstić information content (AvgIpc) is 3.21. The third kappa shape index (κ3) is 38.9. The van der Waals surface area contributed by atoms with Crippen LogP contribution in [0.25, 0.3) is 0 Å². The molecule has 0 radical (unpaired) electrons. The second-order valence-electron chi connectivity index (χ2n) is 14.8. The van der Waals surface area contributed by atoms with Crippen LogP contribution in [0.4, 0.5) is 0 Å². The van der Waals surface area contributed by atoms with Crippen LogP contribution in [0.15, 0.2) is 85.1 Å². The van der Waals surface area contributed by atoms with Gasteiger partial charge in [0, 0.05) is 12.8 Å². The molecule has 0 aliphatic heterocycles. The van der Waals surface area contributed by atoms with Crippen molar-refractivity contribution in [3.8, 4) is 0 Å². The number of aliphatic carboxylic acids is 1. The number of carbonyl (C=O) groups is 4. The van der Waals surface area contributed by atoms with Crippen LogP contribution in [-0.4, -0.2) is 59.3 Å². The first-order valence-electron chi connectivity index (χ1n) is 22.5. The van der Waals surface area contributed by atoms with Crippen LogP contribution in [-0.2, 0) is 23.9 Å². The monoisotopic (exact) mass is 809 g/mol. The lowest BCUT2D eigenvalue weighted by Gasteiger charge is -2.15. The van der Waals surface area contributed by atoms with E-state index < -0.39 is 24.5 Å². The van der Waals surface area contributed by atoms with E-state index >= 15 is 0 Å². The van der Waals surface area contributed by atoms with Gasteiger partial charge in [0.2, 0.25) is 11.8 Å². The predicted octanol–water partition coefficient (Wildman–Crippen LogP) is 11.3. The smallest absolute Gasteiger partial charge is 0.328 e. The summed E-state index contributed by atoms with van der Waals surface area (Å²) in [7, 11) is 0. The molecule has 0 aromatic carbocycles. The number of amides is 2. The van der Waals surface area contributed by atoms with Gasteiger partial charge >= 0.3 is 11.9 Å². The van der Waals surface area contributed by atoms with E-state index in [9.17, 15) is 19.2 Å². The van der Waals surface area contributed by atoms with Gasteiger partial charge in [-0.15, -0.1) is 0 Å². The Bertz CT molecular complexity index is 1250. The lowest BCUT2D eigenvalue weighted by atomic mass is 10.1. The van der Waals surface area contributed by atoms with Gasteiger partial charge in [-0.25, -0.2) is 4.79 Å². The molecule has 0 fully saturated rings. The maximum Gasteiger partial charge on any atom is 0.328 e. The number of aliphatic hydroxyl groups excluding tert-OH is 1. The van der Waals surface area contributed by atoms with E-state index in [4.69, 9.17) is 14.9 Å². The number of esters is 1. The molecule has 0 aromatic rings. The highest BCUT2D eigenvalue weighted by molar-refractivity contribution is 5.87. The molecule has 9 heteroatoms. The second-order valence-corrected chi connectivity index (χ2v) is 14.8. The molecule has 2 amide bonds. The van der Waals surface area contributed by atoms with Crippen molar-refractivity contribution in [3.63, 3.8) is 0 Å². The summed E-state index contributed by atoms with van der Waals surface area (Å²) < 4.78 is 5.92. The highest BCUT2D eigenvalue weighted by Gasteiger charge is 2.18. The van der Waals surface area contributed by atoms with Crippen LogP contribution in [0.5, 0.6) is 0 Å². The first-order valence-corrected chi connectivity index (χ1v) is 22.5. The number of rotatable bonds is 39. The molecule has 2 atom stereocenters. The number of allylic oxidation sites excluding steroid dienone is 13. The Labute approximate surface area is 352 Å². The molecule has 0 aliphatic carbocycles. The molecule has 0 aliphatic rings. The van der Waals surface area contributed by atoms with Gasteiger partial charge in [-0.2, -0.15) is 0 Å². The Morgan fingerprint density at radius 2 is 1.03 bits per heavy atom. The normalized spacial score (nSPS) is 13.3. The van der Waals surface area contributed by atoms with Crippen molar-refractivity contribution in [2.45, 2.75) is 187 Å². The van der Waals surface area contributed by atoms with Crippen molar-refractivity contribution >= 4 is 23.8 Å². The molecular weight excluding hydrogens is 729 g/mol. The topological polar surface area (TPSA) is 142 Å². The fourth-order valence-electron chi connectivity index (χ4n) is 5.92. The summed E-state index contributed by atoms with van der Waals surface area (Å²) in [5, 5.41) is 22.5. The Kier molecular flexibility index (Phi) is 39.7. The largest absolute Gasteiger partial charge is 0.480 e. The molecule has 2 unspecified atom stereocenters. The Hall–Kier alpha value is -3.98. The number of aliphatic hydroxyl groups is 1. The number of hydrogen-bond donors (Lipinski definition) is 4. The molecule has 4 N–H and O–H groups in total. The summed E-state index contributed by atoms with van der Waals surface area (Å²) in [6.45, 7) is 3.31. The summed E-state index contributed by atoms with van der Waals surface area (Å²) in [5.74, 6) is -2.42. The minimum absolute atomic E-state index is 0.132. The van der Waals surface area contributed by atoms with E-state index in [1.165, 1.54) is 38.5 Å². The number of ether oxygens (including phenoxy) is 1. The van der Waals surface area contributed by atoms with Gasteiger partial charge in [0.05, 0.1) is 13.2 Å². The van der Waals surface area contributed by atoms with Gasteiger partial charge in [-0.3, -0.25) is 14.4 Å². The molecule has 0 spiro atoms. The van der Waals surface area contributed by atoms with Gasteiger partial charge in [0.25, 0.3) is 0 Å². The van der Waals surface area contributed by atoms with E-state index in [2.05, 4.69) is 103 Å². The van der Waals surface area contributed by atoms with Crippen LogP contribution in [0.1, 0.15) is 174 Å². The number of carboxylic acids is 1. The van der Waals surface area contributed by atoms with Crippen molar-refractivity contribution in [1.82, 2.24) is 10.6 Å². The van der Waals surface area contributed by atoms with Crippen LogP contribution in [0.3, 0.4) is 0 Å². The lowest BCUT2D eigenvalue weighted by molar-refractivity contribution is -0.147. The van der Waals surface area contributed by atoms with E-state index in [1.54, 1.807) is 0 Å². The van der Waals surface area contributed by atoms with Crippen LogP contribution in [0, 0.1) is 0 Å². The number of carbonyl (C=O) groups excluding carboxylic acids is 3. The van der Waals surface area contributed by atoms with Crippen molar-refractivity contribution in [2.75, 3.05) is 13.2 Å². The maximum atomic E-state index is 12.8. The maximum absolute atomic E-state index is 12.8. The van der Waals surface area contributed by atoms with Crippen LogP contribution < -0.4 is 10.6 Å². The van der Waals surface area contributed by atoms with Gasteiger partial charge in [0.1, 0.15) is 12.1 Å². The van der Waals surface area contributed by atoms with E-state index in [0.717, 1.165) is 103 Å². The van der Waals surface area contributed by atoms with Crippen molar-refractivity contribution in [2.24, 2.45) is 0 Å². The molecule has 58 heavy (non-hydrogen) atoms. The molecule has 0 saturated carbocycles. The van der Waals surface area contributed by atoms with Crippen molar-refractivity contribution in [1.29, 1.82) is 0 Å². The molecular formula is C49H80N2O7. The SMILES string of the molecule is CC/C=C\C/C=C\C/C=C\C/C=C\CCCCCCCCC(=O)OC(/C=C\C/C=C\C/C=C\CCCCC)CCCCCCCC(=O)NCC(=O)NC(CO)C(=O)O. The van der Waals surface area contributed by atoms with Gasteiger partial charge in [0.15, 0.2) is 0 Å². The molecule has 328 valence electrons. The number of hydrogen-bond acceptors (Lipinski definition) is 6. The van der Waals surface area contributed by atoms with Gasteiger partial charge < -0.3 is 25.6 Å². The quantitative estimate of drug-likeness (QED) is 0.0275. The summed E-state index contributed by atoms with van der Waals surface area (Å²) in [6.07, 6.45) is 54.8. The van der Waals surface area contributed by atoms with Crippen LogP contribution >= 0.6 is 0 Å². The summed E-state index contributed by atoms with van der Waals surface area (Å²) in [4.78, 5) is 47.6. The van der Waals surface area contributed by atoms with Gasteiger partial charge in [-0.05, 0) is 96.0 Å². The summed E-state index contributed by atoms with van der Waals surface area (Å²) >= 11 is 0. The number of nitrogens with one attached hydrogen (secondary N) is 2. The summed E-state index contributed by atoms with van der Waals surface area (Å²) in [6, 6.07) is -1.39. The third-order valence-corrected chi connectivity index (χ3v) is 9.36. The fraction of sp³-hybridized carbons (Fsp3) is 0.633. The Morgan fingerprint density at radius 1 is 0.552 bits per heavy atom. The Balaban J connectivity index is 4.41. The highest BCUT2D eigenvalue weighted by Crippen LogP contribution is 2.15. The predicted molar refractivity (Wildman–Crippen MR) is 240 cm³/mol. The molecule has 9 nitrogen and oxygen atoms in total. The van der Waals surface area contributed by atoms with E-state index in [1.807, 2.05) is 6.08 Å². The number of carboxylic acid groups (broad SMARTS) is 1. The standard InChI is InChI=1S/C49H80N2O7/c1-3-5-7-9-11-13-15-16-17-18-19-20-21-22-24-26-28-33-37-41-48(55)58-44(38-34-30-27-25-23-14-12-10-8-6-4-2)39-35-31-29-32-36-40-46(53)50-42-47(54)51-45(43-52)49(56)57/h5,7,11-14,16-17,19-20,25,27,34,38,44-45,52H,3-4,6,8-10,15,18,21-24,26,28-33,35-37,39-43H2,1-2H3,(H,50,53)(H,51,54)(H,56,57)/b7-5-,13-11-,14-12-,17-16-,20-19-,27-25-,38-34-. The molecule has 0 rings (SSSR count). The van der Waals surface area contributed by atoms with Crippen molar-refractivity contribution < 1.29 is 34.1 Å². The minimum atomic E-state index is -1.39. The van der Waals surface area contributed by atoms with E-state index in [0.29, 0.717) is 12.8 Å². The highest BCUT2D eigenvalue weighted by atomic mass is 16.5. The first-order chi connectivity index (χ1) is 28.3. The molecule has 0 bridgehead atoms. The Morgan fingerprint density at radius 3 is 1.59 bits per heavy atom. The summed E-state index contributed by atoms with van der Waals surface area (Å²) in [5.41, 5.74) is 0. The molecule has 0 aromatic heterocycles. The second kappa shape index (κ2) is 42.6. The number of unbranched alkanes of at least 4 members (excludes halogenated alkanes) is 13. The lowest BCUT2D eigenvalue weighted by Crippen LogP contribution is -2.47. The van der Waals surface area contributed by atoms with Gasteiger partial charge in [-0.1, -0.05) is 151 Å². The molecule has 0 heterocycles. The minimum Gasteiger partial charge on any atom is -0.480 e. The molecule has 0 saturated heterocycles. The van der Waals surface area contributed by atoms with E-state index in [-0.39, 0.29) is 30.9 Å². The zero-order valence-electron chi connectivity index (χ0n) is 36.3. The van der Waals surface area contributed by atoms with Crippen LogP contribution in [0.2, 0.25) is 0 Å². The zero-order chi connectivity index (χ0) is 42.6. The average molecular weight is 809 g/mol. The first kappa shape index (κ1) is 54.0. The van der Waals surface area contributed by atoms with Crippen molar-refractivity contribution in [3.05, 3.63) is 85.1 Å². The fourth-order valence-corrected chi connectivity index (χ4v) is 5.92.